The van der Waals surface area contributed by atoms with E-state index in [0.717, 1.165) is 11.1 Å². The van der Waals surface area contributed by atoms with Crippen LogP contribution in [0, 0.1) is 0 Å². The predicted octanol–water partition coefficient (Wildman–Crippen LogP) is 3.22. The Balaban J connectivity index is 1.79. The second-order valence-electron chi connectivity index (χ2n) is 6.66. The van der Waals surface area contributed by atoms with E-state index in [1.807, 2.05) is 37.3 Å². The standard InChI is InChI=1S/C20H25ClN2O4S/c1-15(17-4-3-5-18(21)13-17)22-14-16-6-7-19(26-2)20(12-16)28(24,25)23-8-10-27-11-9-23/h3-7,12-13,15,22H,8-11,14H2,1-2H3/t15-/m1/s1. The highest BCUT2D eigenvalue weighted by atomic mass is 35.5. The summed E-state index contributed by atoms with van der Waals surface area (Å²) >= 11 is 6.06. The van der Waals surface area contributed by atoms with Gasteiger partial charge in [0.05, 0.1) is 20.3 Å². The smallest absolute Gasteiger partial charge is 0.246 e. The molecule has 0 aliphatic carbocycles. The summed E-state index contributed by atoms with van der Waals surface area (Å²) in [5, 5.41) is 4.10. The van der Waals surface area contributed by atoms with Crippen molar-refractivity contribution >= 4 is 21.6 Å². The molecule has 0 unspecified atom stereocenters. The molecule has 1 N–H and O–H groups in total. The number of halogens is 1. The van der Waals surface area contributed by atoms with Gasteiger partial charge in [0.25, 0.3) is 0 Å². The van der Waals surface area contributed by atoms with Crippen molar-refractivity contribution in [2.75, 3.05) is 33.4 Å². The van der Waals surface area contributed by atoms with Crippen LogP contribution < -0.4 is 10.1 Å². The summed E-state index contributed by atoms with van der Waals surface area (Å²) < 4.78 is 38.2. The van der Waals surface area contributed by atoms with E-state index in [4.69, 9.17) is 21.1 Å². The Bertz CT molecular complexity index is 914. The third-order valence-corrected chi connectivity index (χ3v) is 6.93. The molecule has 8 heteroatoms. The van der Waals surface area contributed by atoms with Crippen molar-refractivity contribution in [1.82, 2.24) is 9.62 Å². The Kier molecular flexibility index (Phi) is 6.95. The molecule has 1 aliphatic rings. The van der Waals surface area contributed by atoms with Gasteiger partial charge in [0.15, 0.2) is 0 Å². The average molecular weight is 425 g/mol. The maximum absolute atomic E-state index is 13.1. The molecule has 1 atom stereocenters. The van der Waals surface area contributed by atoms with Gasteiger partial charge in [-0.15, -0.1) is 0 Å². The molecule has 1 aliphatic heterocycles. The van der Waals surface area contributed by atoms with Crippen LogP contribution in [0.2, 0.25) is 5.02 Å². The van der Waals surface area contributed by atoms with Gasteiger partial charge in [-0.25, -0.2) is 8.42 Å². The summed E-state index contributed by atoms with van der Waals surface area (Å²) in [6.07, 6.45) is 0. The normalized spacial score (nSPS) is 16.7. The fourth-order valence-electron chi connectivity index (χ4n) is 3.12. The number of ether oxygens (including phenoxy) is 2. The van der Waals surface area contributed by atoms with Crippen LogP contribution in [0.25, 0.3) is 0 Å². The lowest BCUT2D eigenvalue weighted by Crippen LogP contribution is -2.40. The molecule has 0 bridgehead atoms. The van der Waals surface area contributed by atoms with Gasteiger partial charge >= 0.3 is 0 Å². The van der Waals surface area contributed by atoms with Crippen molar-refractivity contribution in [2.45, 2.75) is 24.4 Å². The molecule has 1 heterocycles. The van der Waals surface area contributed by atoms with Gasteiger partial charge in [-0.05, 0) is 42.3 Å². The van der Waals surface area contributed by atoms with E-state index in [1.165, 1.54) is 11.4 Å². The second-order valence-corrected chi connectivity index (χ2v) is 9.00. The summed E-state index contributed by atoms with van der Waals surface area (Å²) in [6.45, 7) is 4.06. The molecule has 28 heavy (non-hydrogen) atoms. The van der Waals surface area contributed by atoms with E-state index in [0.29, 0.717) is 43.6 Å². The third kappa shape index (κ3) is 4.85. The zero-order valence-electron chi connectivity index (χ0n) is 16.0. The van der Waals surface area contributed by atoms with Gasteiger partial charge in [0.1, 0.15) is 10.6 Å². The number of benzene rings is 2. The number of hydrogen-bond donors (Lipinski definition) is 1. The van der Waals surface area contributed by atoms with E-state index >= 15 is 0 Å². The Hall–Kier alpha value is -1.64. The lowest BCUT2D eigenvalue weighted by atomic mass is 10.1. The number of rotatable bonds is 7. The highest BCUT2D eigenvalue weighted by molar-refractivity contribution is 7.89. The average Bonchev–Trinajstić information content (AvgIpc) is 2.72. The molecule has 6 nitrogen and oxygen atoms in total. The number of methoxy groups -OCH3 is 1. The van der Waals surface area contributed by atoms with Crippen LogP contribution in [-0.4, -0.2) is 46.1 Å². The highest BCUT2D eigenvalue weighted by Gasteiger charge is 2.29. The summed E-state index contributed by atoms with van der Waals surface area (Å²) in [5.41, 5.74) is 1.93. The first-order valence-corrected chi connectivity index (χ1v) is 11.0. The van der Waals surface area contributed by atoms with Crippen molar-refractivity contribution in [3.63, 3.8) is 0 Å². The molecule has 0 radical (unpaired) electrons. The van der Waals surface area contributed by atoms with Gasteiger partial charge in [-0.3, -0.25) is 0 Å². The molecule has 152 valence electrons. The van der Waals surface area contributed by atoms with Gasteiger partial charge in [0.2, 0.25) is 10.0 Å². The minimum absolute atomic E-state index is 0.0695. The van der Waals surface area contributed by atoms with Gasteiger partial charge in [-0.1, -0.05) is 29.8 Å². The van der Waals surface area contributed by atoms with Crippen molar-refractivity contribution in [2.24, 2.45) is 0 Å². The van der Waals surface area contributed by atoms with Crippen molar-refractivity contribution in [3.05, 3.63) is 58.6 Å². The fourth-order valence-corrected chi connectivity index (χ4v) is 4.94. The van der Waals surface area contributed by atoms with E-state index < -0.39 is 10.0 Å². The van der Waals surface area contributed by atoms with Crippen molar-refractivity contribution in [1.29, 1.82) is 0 Å². The Morgan fingerprint density at radius 2 is 1.96 bits per heavy atom. The topological polar surface area (TPSA) is 67.9 Å². The zero-order chi connectivity index (χ0) is 20.1. The Morgan fingerprint density at radius 1 is 1.21 bits per heavy atom. The summed E-state index contributed by atoms with van der Waals surface area (Å²) in [5.74, 6) is 0.345. The van der Waals surface area contributed by atoms with Gasteiger partial charge in [-0.2, -0.15) is 4.31 Å². The van der Waals surface area contributed by atoms with Crippen LogP contribution in [-0.2, 0) is 21.3 Å². The fraction of sp³-hybridized carbons (Fsp3) is 0.400. The van der Waals surface area contributed by atoms with E-state index in [1.54, 1.807) is 12.1 Å². The lowest BCUT2D eigenvalue weighted by Gasteiger charge is -2.27. The Morgan fingerprint density at radius 3 is 2.64 bits per heavy atom. The largest absolute Gasteiger partial charge is 0.495 e. The number of nitrogens with one attached hydrogen (secondary N) is 1. The molecule has 0 saturated carbocycles. The summed E-state index contributed by atoms with van der Waals surface area (Å²) in [4.78, 5) is 0.187. The third-order valence-electron chi connectivity index (χ3n) is 4.78. The minimum atomic E-state index is -3.64. The summed E-state index contributed by atoms with van der Waals surface area (Å²) in [7, 11) is -2.16. The second kappa shape index (κ2) is 9.24. The number of hydrogen-bond acceptors (Lipinski definition) is 5. The van der Waals surface area contributed by atoms with Gasteiger partial charge < -0.3 is 14.8 Å². The van der Waals surface area contributed by atoms with Crippen LogP contribution in [0.5, 0.6) is 5.75 Å². The SMILES string of the molecule is COc1ccc(CN[C@H](C)c2cccc(Cl)c2)cc1S(=O)(=O)N1CCOCC1. The van der Waals surface area contributed by atoms with Crippen LogP contribution in [0.3, 0.4) is 0 Å². The molecule has 2 aromatic rings. The van der Waals surface area contributed by atoms with Crippen LogP contribution >= 0.6 is 11.6 Å². The molecule has 0 amide bonds. The lowest BCUT2D eigenvalue weighted by molar-refractivity contribution is 0.0729. The highest BCUT2D eigenvalue weighted by Crippen LogP contribution is 2.28. The predicted molar refractivity (Wildman–Crippen MR) is 109 cm³/mol. The van der Waals surface area contributed by atoms with E-state index in [2.05, 4.69) is 5.32 Å². The van der Waals surface area contributed by atoms with E-state index in [-0.39, 0.29) is 10.9 Å². The molecule has 1 fully saturated rings. The molecule has 3 rings (SSSR count). The Labute approximate surface area is 171 Å². The molecular formula is C20H25ClN2O4S. The molecular weight excluding hydrogens is 400 g/mol. The molecule has 2 aromatic carbocycles. The number of nitrogens with zero attached hydrogens (tertiary/aromatic N) is 1. The summed E-state index contributed by atoms with van der Waals surface area (Å²) in [6, 6.07) is 13.0. The molecule has 0 spiro atoms. The first-order chi connectivity index (χ1) is 13.4. The first-order valence-electron chi connectivity index (χ1n) is 9.15. The maximum Gasteiger partial charge on any atom is 0.246 e. The number of morpholine rings is 1. The molecule has 0 aromatic heterocycles. The monoisotopic (exact) mass is 424 g/mol. The van der Waals surface area contributed by atoms with Crippen molar-refractivity contribution < 1.29 is 17.9 Å². The first kappa shape index (κ1) is 21.1. The number of sulfonamides is 1. The van der Waals surface area contributed by atoms with Crippen LogP contribution in [0.1, 0.15) is 24.1 Å². The zero-order valence-corrected chi connectivity index (χ0v) is 17.6. The van der Waals surface area contributed by atoms with Crippen LogP contribution in [0.4, 0.5) is 0 Å². The molecule has 1 saturated heterocycles. The van der Waals surface area contributed by atoms with Crippen LogP contribution in [0.15, 0.2) is 47.4 Å². The maximum atomic E-state index is 13.1. The minimum Gasteiger partial charge on any atom is -0.495 e. The van der Waals surface area contributed by atoms with Gasteiger partial charge in [0, 0.05) is 30.7 Å². The van der Waals surface area contributed by atoms with E-state index in [9.17, 15) is 8.42 Å². The van der Waals surface area contributed by atoms with Crippen molar-refractivity contribution in [3.8, 4) is 5.75 Å². The quantitative estimate of drug-likeness (QED) is 0.739.